The van der Waals surface area contributed by atoms with E-state index in [1.54, 1.807) is 47.4 Å². The second-order valence-electron chi connectivity index (χ2n) is 6.51. The third-order valence-corrected chi connectivity index (χ3v) is 7.35. The van der Waals surface area contributed by atoms with Gasteiger partial charge in [0.1, 0.15) is 4.90 Å². The number of sulfonamides is 1. The van der Waals surface area contributed by atoms with Crippen molar-refractivity contribution in [3.8, 4) is 0 Å². The standard InChI is InChI=1S/C20H21BrN2O3S/c1-4-10-22(17-8-6-5-7-9-17)27(25,26)20-13-19-16(12-18(20)21)11-14(2)23(19)15(3)24/h4-9,12-14H,1,10-11H2,2-3H3. The van der Waals surface area contributed by atoms with Crippen LogP contribution < -0.4 is 9.21 Å². The van der Waals surface area contributed by atoms with Crippen molar-refractivity contribution in [3.63, 3.8) is 0 Å². The lowest BCUT2D eigenvalue weighted by Crippen LogP contribution is -2.34. The lowest BCUT2D eigenvalue weighted by atomic mass is 10.1. The third-order valence-electron chi connectivity index (χ3n) is 4.60. The summed E-state index contributed by atoms with van der Waals surface area (Å²) in [5.74, 6) is -0.0991. The van der Waals surface area contributed by atoms with E-state index in [2.05, 4.69) is 22.5 Å². The number of carbonyl (C=O) groups excluding carboxylic acids is 1. The quantitative estimate of drug-likeness (QED) is 0.646. The number of fused-ring (bicyclic) bond motifs is 1. The van der Waals surface area contributed by atoms with Gasteiger partial charge in [-0.2, -0.15) is 0 Å². The molecule has 0 bridgehead atoms. The third kappa shape index (κ3) is 3.53. The van der Waals surface area contributed by atoms with Gasteiger partial charge < -0.3 is 4.90 Å². The van der Waals surface area contributed by atoms with Gasteiger partial charge in [0.25, 0.3) is 10.0 Å². The smallest absolute Gasteiger partial charge is 0.265 e. The van der Waals surface area contributed by atoms with Gasteiger partial charge in [-0.3, -0.25) is 9.10 Å². The highest BCUT2D eigenvalue weighted by molar-refractivity contribution is 9.10. The monoisotopic (exact) mass is 448 g/mol. The zero-order valence-electron chi connectivity index (χ0n) is 15.2. The molecule has 0 fully saturated rings. The van der Waals surface area contributed by atoms with Crippen LogP contribution in [0.5, 0.6) is 0 Å². The fraction of sp³-hybridized carbons (Fsp3) is 0.250. The first-order chi connectivity index (χ1) is 12.8. The molecular weight excluding hydrogens is 428 g/mol. The van der Waals surface area contributed by atoms with Gasteiger partial charge in [0.15, 0.2) is 0 Å². The largest absolute Gasteiger partial charge is 0.309 e. The molecule has 1 aliphatic heterocycles. The van der Waals surface area contributed by atoms with E-state index >= 15 is 0 Å². The molecule has 142 valence electrons. The topological polar surface area (TPSA) is 57.7 Å². The van der Waals surface area contributed by atoms with Gasteiger partial charge in [0, 0.05) is 23.1 Å². The van der Waals surface area contributed by atoms with Crippen LogP contribution >= 0.6 is 15.9 Å². The molecule has 5 nitrogen and oxygen atoms in total. The van der Waals surface area contributed by atoms with Crippen LogP contribution in [-0.4, -0.2) is 26.9 Å². The Bertz CT molecular complexity index is 990. The average Bonchev–Trinajstić information content (AvgIpc) is 2.94. The summed E-state index contributed by atoms with van der Waals surface area (Å²) in [5, 5.41) is 0. The minimum absolute atomic E-state index is 0.000700. The molecule has 0 aliphatic carbocycles. The first-order valence-corrected chi connectivity index (χ1v) is 10.8. The molecule has 2 aromatic carbocycles. The number of hydrogen-bond acceptors (Lipinski definition) is 3. The summed E-state index contributed by atoms with van der Waals surface area (Å²) < 4.78 is 28.7. The number of nitrogens with zero attached hydrogens (tertiary/aromatic N) is 2. The Labute approximate surface area is 168 Å². The number of para-hydroxylation sites is 1. The Morgan fingerprint density at radius 2 is 2.00 bits per heavy atom. The predicted octanol–water partition coefficient (Wildman–Crippen LogP) is 4.13. The molecule has 3 rings (SSSR count). The summed E-state index contributed by atoms with van der Waals surface area (Å²) in [7, 11) is -3.86. The van der Waals surface area contributed by atoms with E-state index < -0.39 is 10.0 Å². The molecule has 0 saturated heterocycles. The SMILES string of the molecule is C=CCN(c1ccccc1)S(=O)(=O)c1cc2c(cc1Br)CC(C)N2C(C)=O. The van der Waals surface area contributed by atoms with E-state index in [4.69, 9.17) is 0 Å². The minimum atomic E-state index is -3.86. The molecule has 0 radical (unpaired) electrons. The molecule has 1 amide bonds. The molecule has 1 unspecified atom stereocenters. The van der Waals surface area contributed by atoms with E-state index in [-0.39, 0.29) is 23.4 Å². The van der Waals surface area contributed by atoms with Gasteiger partial charge in [0.2, 0.25) is 5.91 Å². The Kier molecular flexibility index (Phi) is 5.44. The summed E-state index contributed by atoms with van der Waals surface area (Å²) in [4.78, 5) is 13.8. The summed E-state index contributed by atoms with van der Waals surface area (Å²) in [6.45, 7) is 7.28. The Morgan fingerprint density at radius 3 is 2.59 bits per heavy atom. The van der Waals surface area contributed by atoms with Gasteiger partial charge in [-0.05, 0) is 59.1 Å². The number of amides is 1. The summed E-state index contributed by atoms with van der Waals surface area (Å²) >= 11 is 3.42. The Hall–Kier alpha value is -2.12. The first-order valence-electron chi connectivity index (χ1n) is 8.58. The van der Waals surface area contributed by atoms with Gasteiger partial charge >= 0.3 is 0 Å². The highest BCUT2D eigenvalue weighted by Gasteiger charge is 2.33. The molecule has 7 heteroatoms. The van der Waals surface area contributed by atoms with Gasteiger partial charge in [-0.1, -0.05) is 24.3 Å². The Balaban J connectivity index is 2.15. The zero-order chi connectivity index (χ0) is 19.8. The van der Waals surface area contributed by atoms with Gasteiger partial charge in [-0.25, -0.2) is 8.42 Å². The number of carbonyl (C=O) groups is 1. The van der Waals surface area contributed by atoms with Crippen molar-refractivity contribution in [1.82, 2.24) is 0 Å². The van der Waals surface area contributed by atoms with Crippen molar-refractivity contribution in [2.75, 3.05) is 15.7 Å². The molecule has 1 heterocycles. The van der Waals surface area contributed by atoms with E-state index in [0.717, 1.165) is 5.56 Å². The zero-order valence-corrected chi connectivity index (χ0v) is 17.6. The number of benzene rings is 2. The van der Waals surface area contributed by atoms with Crippen molar-refractivity contribution in [1.29, 1.82) is 0 Å². The van der Waals surface area contributed by atoms with Crippen LogP contribution in [0.3, 0.4) is 0 Å². The van der Waals surface area contributed by atoms with E-state index in [9.17, 15) is 13.2 Å². The molecule has 1 aliphatic rings. The number of hydrogen-bond donors (Lipinski definition) is 0. The van der Waals surface area contributed by atoms with Crippen molar-refractivity contribution in [2.24, 2.45) is 0 Å². The fourth-order valence-electron chi connectivity index (χ4n) is 3.47. The van der Waals surface area contributed by atoms with Crippen LogP contribution in [0.2, 0.25) is 0 Å². The number of rotatable bonds is 5. The predicted molar refractivity (Wildman–Crippen MR) is 112 cm³/mol. The van der Waals surface area contributed by atoms with Crippen LogP contribution in [0.4, 0.5) is 11.4 Å². The molecular formula is C20H21BrN2O3S. The number of anilines is 2. The van der Waals surface area contributed by atoms with Crippen LogP contribution in [0, 0.1) is 0 Å². The van der Waals surface area contributed by atoms with Crippen molar-refractivity contribution in [3.05, 3.63) is 65.2 Å². The second kappa shape index (κ2) is 7.48. The molecule has 0 spiro atoms. The number of halogens is 1. The van der Waals surface area contributed by atoms with Crippen molar-refractivity contribution < 1.29 is 13.2 Å². The van der Waals surface area contributed by atoms with Gasteiger partial charge in [-0.15, -0.1) is 6.58 Å². The van der Waals surface area contributed by atoms with Crippen LogP contribution in [0.25, 0.3) is 0 Å². The van der Waals surface area contributed by atoms with Crippen LogP contribution in [0.15, 0.2) is 64.5 Å². The average molecular weight is 449 g/mol. The summed E-state index contributed by atoms with van der Waals surface area (Å²) in [6.07, 6.45) is 2.25. The normalized spacial score (nSPS) is 16.1. The highest BCUT2D eigenvalue weighted by Crippen LogP contribution is 2.39. The molecule has 0 aromatic heterocycles. The lowest BCUT2D eigenvalue weighted by Gasteiger charge is -2.25. The van der Waals surface area contributed by atoms with E-state index in [1.807, 2.05) is 13.0 Å². The maximum absolute atomic E-state index is 13.4. The van der Waals surface area contributed by atoms with E-state index in [0.29, 0.717) is 22.3 Å². The lowest BCUT2D eigenvalue weighted by molar-refractivity contribution is -0.116. The maximum Gasteiger partial charge on any atom is 0.265 e. The fourth-order valence-corrected chi connectivity index (χ4v) is 5.98. The summed E-state index contributed by atoms with van der Waals surface area (Å²) in [5.41, 5.74) is 2.17. The second-order valence-corrected chi connectivity index (χ2v) is 9.20. The van der Waals surface area contributed by atoms with Crippen LogP contribution in [0.1, 0.15) is 19.4 Å². The maximum atomic E-state index is 13.4. The summed E-state index contributed by atoms with van der Waals surface area (Å²) in [6, 6.07) is 12.3. The first kappa shape index (κ1) is 19.6. The molecule has 0 saturated carbocycles. The van der Waals surface area contributed by atoms with E-state index in [1.165, 1.54) is 11.2 Å². The van der Waals surface area contributed by atoms with Crippen LogP contribution in [-0.2, 0) is 21.2 Å². The molecule has 2 aromatic rings. The van der Waals surface area contributed by atoms with Gasteiger partial charge in [0.05, 0.1) is 12.2 Å². The minimum Gasteiger partial charge on any atom is -0.309 e. The highest BCUT2D eigenvalue weighted by atomic mass is 79.9. The molecule has 27 heavy (non-hydrogen) atoms. The molecule has 1 atom stereocenters. The molecule has 0 N–H and O–H groups in total. The van der Waals surface area contributed by atoms with Crippen molar-refractivity contribution in [2.45, 2.75) is 31.2 Å². The van der Waals surface area contributed by atoms with Crippen molar-refractivity contribution >= 4 is 43.2 Å². The Morgan fingerprint density at radius 1 is 1.33 bits per heavy atom.